The van der Waals surface area contributed by atoms with Crippen LogP contribution < -0.4 is 5.32 Å². The van der Waals surface area contributed by atoms with Crippen molar-refractivity contribution >= 4 is 33.4 Å². The third-order valence-electron chi connectivity index (χ3n) is 3.84. The number of aryl methyl sites for hydroxylation is 1. The van der Waals surface area contributed by atoms with Crippen LogP contribution in [0.4, 0.5) is 0 Å². The Morgan fingerprint density at radius 1 is 1.37 bits per heavy atom. The Labute approximate surface area is 129 Å². The van der Waals surface area contributed by atoms with E-state index in [1.807, 2.05) is 25.1 Å². The van der Waals surface area contributed by atoms with Crippen LogP contribution in [0.2, 0.25) is 0 Å². The molecule has 0 aliphatic carbocycles. The number of benzene rings is 1. The van der Waals surface area contributed by atoms with Gasteiger partial charge in [0.1, 0.15) is 0 Å². The highest BCUT2D eigenvalue weighted by Crippen LogP contribution is 2.27. The molecule has 19 heavy (non-hydrogen) atoms. The van der Waals surface area contributed by atoms with Crippen molar-refractivity contribution in [3.05, 3.63) is 33.8 Å². The standard InChI is InChI=1S/C15H21BrClNO/c1-4-15(5-2,9-17)10-18-14(19)12-8-6-7-11(3)13(12)16/h6-8H,4-5,9-10H2,1-3H3,(H,18,19). The molecule has 0 spiro atoms. The van der Waals surface area contributed by atoms with Gasteiger partial charge in [-0.3, -0.25) is 4.79 Å². The Bertz CT molecular complexity index is 436. The highest BCUT2D eigenvalue weighted by molar-refractivity contribution is 9.10. The zero-order valence-electron chi connectivity index (χ0n) is 11.7. The van der Waals surface area contributed by atoms with Gasteiger partial charge in [0.25, 0.3) is 5.91 Å². The summed E-state index contributed by atoms with van der Waals surface area (Å²) in [5.41, 5.74) is 1.73. The van der Waals surface area contributed by atoms with Crippen LogP contribution in [0.25, 0.3) is 0 Å². The van der Waals surface area contributed by atoms with Gasteiger partial charge in [0, 0.05) is 22.3 Å². The quantitative estimate of drug-likeness (QED) is 0.753. The third-order valence-corrected chi connectivity index (χ3v) is 5.46. The van der Waals surface area contributed by atoms with Gasteiger partial charge >= 0.3 is 0 Å². The van der Waals surface area contributed by atoms with Crippen molar-refractivity contribution in [2.45, 2.75) is 33.6 Å². The number of hydrogen-bond acceptors (Lipinski definition) is 1. The number of carbonyl (C=O) groups is 1. The zero-order valence-corrected chi connectivity index (χ0v) is 14.1. The molecule has 1 aromatic carbocycles. The molecule has 1 aromatic rings. The van der Waals surface area contributed by atoms with Gasteiger partial charge in [-0.1, -0.05) is 26.0 Å². The maximum atomic E-state index is 12.2. The van der Waals surface area contributed by atoms with Gasteiger partial charge in [-0.05, 0) is 47.3 Å². The predicted molar refractivity (Wildman–Crippen MR) is 84.9 cm³/mol. The number of nitrogens with one attached hydrogen (secondary N) is 1. The van der Waals surface area contributed by atoms with Gasteiger partial charge in [-0.25, -0.2) is 0 Å². The van der Waals surface area contributed by atoms with Gasteiger partial charge in [-0.15, -0.1) is 11.6 Å². The lowest BCUT2D eigenvalue weighted by Crippen LogP contribution is -2.38. The van der Waals surface area contributed by atoms with Crippen LogP contribution >= 0.6 is 27.5 Å². The first-order chi connectivity index (χ1) is 8.99. The Balaban J connectivity index is 2.78. The van der Waals surface area contributed by atoms with Crippen molar-refractivity contribution < 1.29 is 4.79 Å². The van der Waals surface area contributed by atoms with Crippen LogP contribution in [0.3, 0.4) is 0 Å². The minimum Gasteiger partial charge on any atom is -0.351 e. The van der Waals surface area contributed by atoms with E-state index in [1.54, 1.807) is 0 Å². The molecule has 0 bridgehead atoms. The van der Waals surface area contributed by atoms with Crippen molar-refractivity contribution in [1.82, 2.24) is 5.32 Å². The maximum absolute atomic E-state index is 12.2. The predicted octanol–water partition coefficient (Wildman–Crippen LogP) is 4.53. The second-order valence-electron chi connectivity index (χ2n) is 4.96. The molecule has 106 valence electrons. The number of amides is 1. The van der Waals surface area contributed by atoms with Gasteiger partial charge in [-0.2, -0.15) is 0 Å². The molecular weight excluding hydrogens is 326 g/mol. The molecule has 2 nitrogen and oxygen atoms in total. The Kier molecular flexibility index (Phi) is 6.34. The average Bonchev–Trinajstić information content (AvgIpc) is 2.44. The first-order valence-corrected chi connectivity index (χ1v) is 7.91. The summed E-state index contributed by atoms with van der Waals surface area (Å²) in [7, 11) is 0. The average molecular weight is 347 g/mol. The number of alkyl halides is 1. The monoisotopic (exact) mass is 345 g/mol. The van der Waals surface area contributed by atoms with Crippen molar-refractivity contribution in [2.24, 2.45) is 5.41 Å². The minimum absolute atomic E-state index is 0.00643. The Morgan fingerprint density at radius 2 is 2.00 bits per heavy atom. The molecule has 0 aliphatic heterocycles. The molecule has 0 saturated heterocycles. The normalized spacial score (nSPS) is 11.4. The molecule has 1 amide bonds. The number of hydrogen-bond donors (Lipinski definition) is 1. The summed E-state index contributed by atoms with van der Waals surface area (Å²) in [6.45, 7) is 6.81. The lowest BCUT2D eigenvalue weighted by molar-refractivity contribution is 0.0931. The van der Waals surface area contributed by atoms with Crippen LogP contribution in [0.1, 0.15) is 42.6 Å². The summed E-state index contributed by atoms with van der Waals surface area (Å²) in [6, 6.07) is 5.69. The summed E-state index contributed by atoms with van der Waals surface area (Å²) < 4.78 is 0.858. The fourth-order valence-corrected chi connectivity index (χ4v) is 2.84. The fourth-order valence-electron chi connectivity index (χ4n) is 1.92. The fraction of sp³-hybridized carbons (Fsp3) is 0.533. The van der Waals surface area contributed by atoms with Crippen LogP contribution in [-0.2, 0) is 0 Å². The second kappa shape index (κ2) is 7.30. The lowest BCUT2D eigenvalue weighted by atomic mass is 9.84. The van der Waals surface area contributed by atoms with Crippen LogP contribution in [-0.4, -0.2) is 18.3 Å². The molecule has 0 atom stereocenters. The summed E-state index contributed by atoms with van der Waals surface area (Å²) >= 11 is 9.52. The van der Waals surface area contributed by atoms with E-state index in [0.29, 0.717) is 18.0 Å². The molecule has 0 heterocycles. The van der Waals surface area contributed by atoms with Gasteiger partial charge < -0.3 is 5.32 Å². The van der Waals surface area contributed by atoms with Crippen LogP contribution in [0.15, 0.2) is 22.7 Å². The van der Waals surface area contributed by atoms with Crippen molar-refractivity contribution in [3.8, 4) is 0 Å². The summed E-state index contributed by atoms with van der Waals surface area (Å²) in [4.78, 5) is 12.2. The second-order valence-corrected chi connectivity index (χ2v) is 6.02. The minimum atomic E-state index is -0.0491. The van der Waals surface area contributed by atoms with Crippen LogP contribution in [0, 0.1) is 12.3 Å². The lowest BCUT2D eigenvalue weighted by Gasteiger charge is -2.29. The Hall–Kier alpha value is -0.540. The number of rotatable bonds is 6. The molecule has 0 aromatic heterocycles. The SMILES string of the molecule is CCC(CC)(CCl)CNC(=O)c1cccc(C)c1Br. The highest BCUT2D eigenvalue weighted by Gasteiger charge is 2.26. The van der Waals surface area contributed by atoms with E-state index >= 15 is 0 Å². The molecule has 0 unspecified atom stereocenters. The Morgan fingerprint density at radius 3 is 2.53 bits per heavy atom. The largest absolute Gasteiger partial charge is 0.351 e. The third kappa shape index (κ3) is 3.96. The van der Waals surface area contributed by atoms with E-state index in [9.17, 15) is 4.79 Å². The summed E-state index contributed by atoms with van der Waals surface area (Å²) in [6.07, 6.45) is 1.92. The highest BCUT2D eigenvalue weighted by atomic mass is 79.9. The van der Waals surface area contributed by atoms with E-state index in [-0.39, 0.29) is 11.3 Å². The maximum Gasteiger partial charge on any atom is 0.252 e. The summed E-state index contributed by atoms with van der Waals surface area (Å²) in [5, 5.41) is 3.01. The smallest absolute Gasteiger partial charge is 0.252 e. The first-order valence-electron chi connectivity index (χ1n) is 6.59. The molecule has 0 saturated carbocycles. The summed E-state index contributed by atoms with van der Waals surface area (Å²) in [5.74, 6) is 0.516. The molecule has 0 fully saturated rings. The number of halogens is 2. The molecule has 0 aliphatic rings. The topological polar surface area (TPSA) is 29.1 Å². The van der Waals surface area contributed by atoms with E-state index in [4.69, 9.17) is 11.6 Å². The molecular formula is C15H21BrClNO. The molecule has 1 rings (SSSR count). The number of carbonyl (C=O) groups excluding carboxylic acids is 1. The van der Waals surface area contributed by atoms with Crippen molar-refractivity contribution in [2.75, 3.05) is 12.4 Å². The first kappa shape index (κ1) is 16.5. The molecule has 1 N–H and O–H groups in total. The van der Waals surface area contributed by atoms with E-state index in [2.05, 4.69) is 35.1 Å². The van der Waals surface area contributed by atoms with Gasteiger partial charge in [0.2, 0.25) is 0 Å². The van der Waals surface area contributed by atoms with Crippen molar-refractivity contribution in [3.63, 3.8) is 0 Å². The van der Waals surface area contributed by atoms with Gasteiger partial charge in [0.15, 0.2) is 0 Å². The zero-order chi connectivity index (χ0) is 14.5. The van der Waals surface area contributed by atoms with E-state index < -0.39 is 0 Å². The van der Waals surface area contributed by atoms with E-state index in [0.717, 1.165) is 22.9 Å². The molecule has 4 heteroatoms. The van der Waals surface area contributed by atoms with Gasteiger partial charge in [0.05, 0.1) is 5.56 Å². The van der Waals surface area contributed by atoms with E-state index in [1.165, 1.54) is 0 Å². The van der Waals surface area contributed by atoms with Crippen molar-refractivity contribution in [1.29, 1.82) is 0 Å². The van der Waals surface area contributed by atoms with Crippen LogP contribution in [0.5, 0.6) is 0 Å². The molecule has 0 radical (unpaired) electrons.